The van der Waals surface area contributed by atoms with E-state index in [0.29, 0.717) is 18.2 Å². The predicted molar refractivity (Wildman–Crippen MR) is 141 cm³/mol. The highest BCUT2D eigenvalue weighted by Gasteiger charge is 2.36. The van der Waals surface area contributed by atoms with Gasteiger partial charge in [0.1, 0.15) is 5.78 Å². The monoisotopic (exact) mass is 543 g/mol. The van der Waals surface area contributed by atoms with Crippen molar-refractivity contribution in [2.24, 2.45) is 5.41 Å². The van der Waals surface area contributed by atoms with Crippen LogP contribution < -0.4 is 0 Å². The van der Waals surface area contributed by atoms with Crippen LogP contribution in [-0.4, -0.2) is 97.3 Å². The number of Topliss-reactive ketones (excluding diaryl/α,β-unsaturated/α-hetero) is 1. The fraction of sp³-hybridized carbons (Fsp3) is 0.957. The molecule has 0 unspecified atom stereocenters. The molecule has 0 aromatic heterocycles. The molecule has 1 aliphatic rings. The first-order chi connectivity index (χ1) is 15.8. The first kappa shape index (κ1) is 34.0. The van der Waals surface area contributed by atoms with E-state index >= 15 is 0 Å². The summed E-state index contributed by atoms with van der Waals surface area (Å²) in [7, 11) is 0.299. The fourth-order valence-corrected chi connectivity index (χ4v) is 8.21. The smallest absolute Gasteiger partial charge is 0.500 e. The van der Waals surface area contributed by atoms with Crippen molar-refractivity contribution >= 4 is 36.5 Å². The third kappa shape index (κ3) is 15.9. The Balaban J connectivity index is 0.000000896. The number of quaternary nitrogens is 1. The molecule has 1 aliphatic heterocycles. The summed E-state index contributed by atoms with van der Waals surface area (Å²) in [5.74, 6) is 0.985. The van der Waals surface area contributed by atoms with Crippen LogP contribution in [0, 0.1) is 5.41 Å². The van der Waals surface area contributed by atoms with Gasteiger partial charge in [0.15, 0.2) is 0 Å². The van der Waals surface area contributed by atoms with Gasteiger partial charge < -0.3 is 22.3 Å². The van der Waals surface area contributed by atoms with Gasteiger partial charge in [-0.3, -0.25) is 4.79 Å². The highest BCUT2D eigenvalue weighted by Crippen LogP contribution is 2.24. The number of carbonyl (C=O) groups is 1. The maximum Gasteiger partial charge on any atom is 0.500 e. The van der Waals surface area contributed by atoms with Crippen LogP contribution in [0.15, 0.2) is 0 Å². The SMILES string of the molecule is CCCC[N+]1(C)CCCC1.CO[Si](CCCSCCC(=O)CC(C)(C)CS(=O)(=O)[O-])(OC)OC. The first-order valence-electron chi connectivity index (χ1n) is 12.3. The molecule has 0 atom stereocenters. The van der Waals surface area contributed by atoms with Crippen LogP contribution in [0.1, 0.15) is 65.7 Å². The normalized spacial score (nSPS) is 16.2. The molecule has 34 heavy (non-hydrogen) atoms. The van der Waals surface area contributed by atoms with Crippen molar-refractivity contribution in [3.05, 3.63) is 0 Å². The van der Waals surface area contributed by atoms with Crippen LogP contribution in [0.5, 0.6) is 0 Å². The van der Waals surface area contributed by atoms with E-state index in [1.807, 2.05) is 0 Å². The van der Waals surface area contributed by atoms with E-state index in [-0.39, 0.29) is 12.2 Å². The van der Waals surface area contributed by atoms with E-state index in [9.17, 15) is 17.8 Å². The van der Waals surface area contributed by atoms with Gasteiger partial charge in [0.05, 0.1) is 36.8 Å². The number of ketones is 1. The van der Waals surface area contributed by atoms with Gasteiger partial charge in [-0.2, -0.15) is 11.8 Å². The lowest BCUT2D eigenvalue weighted by atomic mass is 9.89. The highest BCUT2D eigenvalue weighted by atomic mass is 32.2. The summed E-state index contributed by atoms with van der Waals surface area (Å²) in [6.07, 6.45) is 7.02. The van der Waals surface area contributed by atoms with Crippen LogP contribution in [0.2, 0.25) is 6.04 Å². The molecule has 0 aromatic rings. The number of nitrogens with zero attached hydrogens (tertiary/aromatic N) is 1. The van der Waals surface area contributed by atoms with Crippen molar-refractivity contribution in [1.82, 2.24) is 0 Å². The largest absolute Gasteiger partial charge is 0.748 e. The molecule has 0 amide bonds. The molecule has 0 aliphatic carbocycles. The highest BCUT2D eigenvalue weighted by molar-refractivity contribution is 7.99. The van der Waals surface area contributed by atoms with Gasteiger partial charge in [-0.25, -0.2) is 8.42 Å². The standard InChI is InChI=1S/C14H30O7S2Si.C9H20N/c1-14(2,12-23(16,17)18)11-13(15)7-9-22-8-6-10-24(19-3,20-4)21-5;1-3-4-7-10(2)8-5-6-9-10/h6-12H2,1-5H3,(H,16,17,18);3-9H2,1-2H3/q;+1/p-1. The Morgan fingerprint density at radius 2 is 1.62 bits per heavy atom. The van der Waals surface area contributed by atoms with Crippen molar-refractivity contribution in [1.29, 1.82) is 0 Å². The van der Waals surface area contributed by atoms with Crippen LogP contribution in [0.3, 0.4) is 0 Å². The van der Waals surface area contributed by atoms with Crippen molar-refractivity contribution in [3.8, 4) is 0 Å². The molecule has 0 aromatic carbocycles. The van der Waals surface area contributed by atoms with Gasteiger partial charge in [-0.15, -0.1) is 0 Å². The minimum Gasteiger partial charge on any atom is -0.748 e. The van der Waals surface area contributed by atoms with Crippen molar-refractivity contribution in [2.75, 3.05) is 65.3 Å². The lowest BCUT2D eigenvalue weighted by Gasteiger charge is -2.28. The Bertz CT molecular complexity index is 656. The maximum atomic E-state index is 11.9. The summed E-state index contributed by atoms with van der Waals surface area (Å²) in [5, 5.41) is 0. The zero-order valence-corrected chi connectivity index (χ0v) is 25.2. The molecule has 0 saturated carbocycles. The van der Waals surface area contributed by atoms with E-state index in [4.69, 9.17) is 13.3 Å². The van der Waals surface area contributed by atoms with Crippen LogP contribution >= 0.6 is 11.8 Å². The Morgan fingerprint density at radius 1 is 1.06 bits per heavy atom. The molecule has 0 bridgehead atoms. The van der Waals surface area contributed by atoms with Crippen molar-refractivity contribution in [2.45, 2.75) is 71.8 Å². The van der Waals surface area contributed by atoms with Gasteiger partial charge in [0.25, 0.3) is 0 Å². The number of carbonyl (C=O) groups excluding carboxylic acids is 1. The predicted octanol–water partition coefficient (Wildman–Crippen LogP) is 3.94. The summed E-state index contributed by atoms with van der Waals surface area (Å²) < 4.78 is 49.8. The van der Waals surface area contributed by atoms with E-state index < -0.39 is 30.1 Å². The molecular formula is C23H49NO7S2Si. The van der Waals surface area contributed by atoms with Crippen molar-refractivity contribution < 1.29 is 35.5 Å². The van der Waals surface area contributed by atoms with Gasteiger partial charge in [-0.05, 0) is 24.0 Å². The van der Waals surface area contributed by atoms with E-state index in [1.54, 1.807) is 46.9 Å². The first-order valence-corrected chi connectivity index (χ1v) is 16.9. The number of unbranched alkanes of at least 4 members (excludes halogenated alkanes) is 1. The van der Waals surface area contributed by atoms with E-state index in [2.05, 4.69) is 14.0 Å². The number of likely N-dealkylation sites (tertiary alicyclic amines) is 1. The Morgan fingerprint density at radius 3 is 2.09 bits per heavy atom. The molecule has 0 N–H and O–H groups in total. The molecule has 1 fully saturated rings. The van der Waals surface area contributed by atoms with Crippen LogP contribution in [0.25, 0.3) is 0 Å². The number of thioether (sulfide) groups is 1. The van der Waals surface area contributed by atoms with Crippen molar-refractivity contribution in [3.63, 3.8) is 0 Å². The summed E-state index contributed by atoms with van der Waals surface area (Å²) in [4.78, 5) is 11.9. The molecule has 1 rings (SSSR count). The third-order valence-corrected chi connectivity index (χ3v) is 11.2. The Hall–Kier alpha value is -0.0131. The topological polar surface area (TPSA) is 102 Å². The zero-order valence-electron chi connectivity index (χ0n) is 22.5. The Kier molecular flexibility index (Phi) is 16.7. The second-order valence-electron chi connectivity index (χ2n) is 10.2. The molecule has 0 radical (unpaired) electrons. The van der Waals surface area contributed by atoms with E-state index in [0.717, 1.165) is 12.2 Å². The van der Waals surface area contributed by atoms with Gasteiger partial charge >= 0.3 is 8.80 Å². The van der Waals surface area contributed by atoms with Crippen LogP contribution in [0.4, 0.5) is 0 Å². The lowest BCUT2D eigenvalue weighted by Crippen LogP contribution is -2.42. The van der Waals surface area contributed by atoms with Gasteiger partial charge in [0.2, 0.25) is 0 Å². The molecule has 1 saturated heterocycles. The quantitative estimate of drug-likeness (QED) is 0.118. The molecule has 8 nitrogen and oxygen atoms in total. The van der Waals surface area contributed by atoms with Crippen LogP contribution in [-0.2, 0) is 28.2 Å². The average Bonchev–Trinajstić information content (AvgIpc) is 3.17. The van der Waals surface area contributed by atoms with Gasteiger partial charge in [-0.1, -0.05) is 27.2 Å². The minimum absolute atomic E-state index is 0.0226. The lowest BCUT2D eigenvalue weighted by molar-refractivity contribution is -0.897. The molecule has 1 heterocycles. The number of rotatable bonds is 17. The summed E-state index contributed by atoms with van der Waals surface area (Å²) in [6.45, 7) is 9.80. The molecule has 0 spiro atoms. The fourth-order valence-electron chi connectivity index (χ4n) is 4.25. The molecule has 11 heteroatoms. The zero-order chi connectivity index (χ0) is 26.3. The summed E-state index contributed by atoms with van der Waals surface area (Å²) in [5.41, 5.74) is -0.817. The number of hydrogen-bond donors (Lipinski definition) is 0. The summed E-state index contributed by atoms with van der Waals surface area (Å²) in [6, 6.07) is 0.714. The third-order valence-electron chi connectivity index (χ3n) is 6.17. The molecular weight excluding hydrogens is 494 g/mol. The second-order valence-corrected chi connectivity index (χ2v) is 15.9. The maximum absolute atomic E-state index is 11.9. The minimum atomic E-state index is -4.32. The average molecular weight is 544 g/mol. The summed E-state index contributed by atoms with van der Waals surface area (Å²) >= 11 is 1.65. The number of hydrogen-bond acceptors (Lipinski definition) is 8. The molecule has 204 valence electrons. The van der Waals surface area contributed by atoms with E-state index in [1.165, 1.54) is 49.8 Å². The van der Waals surface area contributed by atoms with Gasteiger partial charge in [0, 0.05) is 64.6 Å². The second kappa shape index (κ2) is 16.7. The Labute approximate surface area is 214 Å².